The molecule has 0 amide bonds. The van der Waals surface area contributed by atoms with E-state index < -0.39 is 36.8 Å². The molecule has 3 aliphatic rings. The summed E-state index contributed by atoms with van der Waals surface area (Å²) in [5, 5.41) is 41.7. The Morgan fingerprint density at radius 1 is 1.06 bits per heavy atom. The summed E-state index contributed by atoms with van der Waals surface area (Å²) < 4.78 is 22.7. The van der Waals surface area contributed by atoms with Crippen molar-refractivity contribution in [1.29, 1.82) is 0 Å². The van der Waals surface area contributed by atoms with Crippen LogP contribution in [0.3, 0.4) is 0 Å². The Morgan fingerprint density at radius 2 is 1.76 bits per heavy atom. The van der Waals surface area contributed by atoms with E-state index >= 15 is 0 Å². The van der Waals surface area contributed by atoms with E-state index in [1.165, 1.54) is 25.5 Å². The highest BCUT2D eigenvalue weighted by Gasteiger charge is 2.57. The first kappa shape index (κ1) is 22.9. The standard InChI is InChI=1S/C24H27ClO8/c1-30-24(23(29)20(28)19(27)17(10-26)33-24)16-9-15(18(25)22-21(16)31-11-32-22)8-12-2-4-13(5-3-12)14-6-7-14/h2-5,9,14,17,19-20,23,26-29H,6-8,10-11H2,1H3. The molecule has 9 heteroatoms. The van der Waals surface area contributed by atoms with E-state index in [-0.39, 0.29) is 23.9 Å². The van der Waals surface area contributed by atoms with E-state index in [2.05, 4.69) is 24.3 Å². The number of hydrogen-bond acceptors (Lipinski definition) is 8. The van der Waals surface area contributed by atoms with Gasteiger partial charge in [0.2, 0.25) is 12.6 Å². The molecular formula is C24H27ClO8. The molecule has 5 unspecified atom stereocenters. The molecule has 178 valence electrons. The molecule has 5 atom stereocenters. The molecule has 2 fully saturated rings. The van der Waals surface area contributed by atoms with Gasteiger partial charge in [-0.25, -0.2) is 0 Å². The Bertz CT molecular complexity index is 1020. The average molecular weight is 479 g/mol. The lowest BCUT2D eigenvalue weighted by atomic mass is 9.86. The Kier molecular flexibility index (Phi) is 6.03. The van der Waals surface area contributed by atoms with Crippen LogP contribution in [-0.2, 0) is 21.7 Å². The van der Waals surface area contributed by atoms with Gasteiger partial charge in [0.15, 0.2) is 11.5 Å². The molecule has 0 aromatic heterocycles. The highest BCUT2D eigenvalue weighted by molar-refractivity contribution is 6.33. The molecule has 1 saturated carbocycles. The summed E-state index contributed by atoms with van der Waals surface area (Å²) in [4.78, 5) is 0. The molecule has 1 saturated heterocycles. The molecular weight excluding hydrogens is 452 g/mol. The second-order valence-corrected chi connectivity index (χ2v) is 9.17. The zero-order chi connectivity index (χ0) is 23.3. The van der Waals surface area contributed by atoms with E-state index in [0.29, 0.717) is 22.9 Å². The lowest BCUT2D eigenvalue weighted by molar-refractivity contribution is -0.366. The molecule has 2 aromatic rings. The number of ether oxygens (including phenoxy) is 4. The highest BCUT2D eigenvalue weighted by atomic mass is 35.5. The van der Waals surface area contributed by atoms with Crippen LogP contribution in [-0.4, -0.2) is 65.4 Å². The Morgan fingerprint density at radius 3 is 2.39 bits per heavy atom. The van der Waals surface area contributed by atoms with Crippen molar-refractivity contribution >= 4 is 11.6 Å². The number of halogens is 1. The third kappa shape index (κ3) is 3.80. The number of rotatable bonds is 6. The van der Waals surface area contributed by atoms with Crippen LogP contribution in [0.2, 0.25) is 5.02 Å². The zero-order valence-electron chi connectivity index (χ0n) is 18.1. The van der Waals surface area contributed by atoms with E-state index in [1.54, 1.807) is 6.07 Å². The van der Waals surface area contributed by atoms with Crippen molar-refractivity contribution in [1.82, 2.24) is 0 Å². The van der Waals surface area contributed by atoms with E-state index in [4.69, 9.17) is 30.5 Å². The number of aliphatic hydroxyl groups excluding tert-OH is 4. The fourth-order valence-electron chi connectivity index (χ4n) is 4.66. The SMILES string of the molecule is COC1(c2cc(Cc3ccc(C4CC4)cc3)c(Cl)c3c2OCO3)OC(CO)C(O)C(O)C1O. The van der Waals surface area contributed by atoms with Crippen molar-refractivity contribution in [3.8, 4) is 11.5 Å². The molecule has 2 heterocycles. The van der Waals surface area contributed by atoms with Gasteiger partial charge in [0.05, 0.1) is 17.2 Å². The lowest BCUT2D eigenvalue weighted by Gasteiger charge is -2.47. The minimum absolute atomic E-state index is 0.0912. The summed E-state index contributed by atoms with van der Waals surface area (Å²) in [6, 6.07) is 10.1. The van der Waals surface area contributed by atoms with Crippen LogP contribution in [0.5, 0.6) is 11.5 Å². The minimum atomic E-state index is -1.93. The van der Waals surface area contributed by atoms with Crippen molar-refractivity contribution in [3.63, 3.8) is 0 Å². The second kappa shape index (κ2) is 8.70. The fraction of sp³-hybridized carbons (Fsp3) is 0.500. The second-order valence-electron chi connectivity index (χ2n) is 8.79. The van der Waals surface area contributed by atoms with Gasteiger partial charge in [-0.2, -0.15) is 0 Å². The first-order valence-electron chi connectivity index (χ1n) is 11.0. The van der Waals surface area contributed by atoms with Gasteiger partial charge in [-0.15, -0.1) is 0 Å². The van der Waals surface area contributed by atoms with Crippen LogP contribution in [0.4, 0.5) is 0 Å². The number of fused-ring (bicyclic) bond motifs is 1. The highest BCUT2D eigenvalue weighted by Crippen LogP contribution is 2.51. The fourth-order valence-corrected chi connectivity index (χ4v) is 4.93. The van der Waals surface area contributed by atoms with Gasteiger partial charge in [-0.05, 0) is 47.9 Å². The predicted octanol–water partition coefficient (Wildman–Crippen LogP) is 1.81. The zero-order valence-corrected chi connectivity index (χ0v) is 18.9. The van der Waals surface area contributed by atoms with Crippen molar-refractivity contribution in [2.75, 3.05) is 20.5 Å². The molecule has 4 N–H and O–H groups in total. The van der Waals surface area contributed by atoms with Gasteiger partial charge >= 0.3 is 0 Å². The Hall–Kier alpha value is -1.91. The van der Waals surface area contributed by atoms with Gasteiger partial charge in [0, 0.05) is 7.11 Å². The number of methoxy groups -OCH3 is 1. The summed E-state index contributed by atoms with van der Waals surface area (Å²) in [6.45, 7) is -0.685. The molecule has 2 aliphatic heterocycles. The van der Waals surface area contributed by atoms with E-state index in [0.717, 1.165) is 5.56 Å². The third-order valence-electron chi connectivity index (χ3n) is 6.71. The summed E-state index contributed by atoms with van der Waals surface area (Å²) in [6.07, 6.45) is -3.09. The van der Waals surface area contributed by atoms with E-state index in [9.17, 15) is 20.4 Å². The summed E-state index contributed by atoms with van der Waals surface area (Å²) in [7, 11) is 1.30. The van der Waals surface area contributed by atoms with E-state index in [1.807, 2.05) is 0 Å². The smallest absolute Gasteiger partial charge is 0.231 e. The normalized spacial score (nSPS) is 31.1. The summed E-state index contributed by atoms with van der Waals surface area (Å²) in [5.41, 5.74) is 3.30. The van der Waals surface area contributed by atoms with Crippen LogP contribution in [0.15, 0.2) is 30.3 Å². The van der Waals surface area contributed by atoms with Gasteiger partial charge in [0.25, 0.3) is 0 Å². The number of aliphatic hydroxyl groups is 4. The van der Waals surface area contributed by atoms with Crippen LogP contribution in [0, 0.1) is 0 Å². The van der Waals surface area contributed by atoms with Gasteiger partial charge in [-0.3, -0.25) is 0 Å². The maximum atomic E-state index is 10.9. The molecule has 0 bridgehead atoms. The molecule has 8 nitrogen and oxygen atoms in total. The topological polar surface area (TPSA) is 118 Å². The van der Waals surface area contributed by atoms with Gasteiger partial charge < -0.3 is 39.4 Å². The van der Waals surface area contributed by atoms with Crippen LogP contribution < -0.4 is 9.47 Å². The molecule has 0 spiro atoms. The monoisotopic (exact) mass is 478 g/mol. The van der Waals surface area contributed by atoms with Crippen molar-refractivity contribution in [3.05, 3.63) is 57.6 Å². The maximum absolute atomic E-state index is 10.9. The van der Waals surface area contributed by atoms with Gasteiger partial charge in [0.1, 0.15) is 24.4 Å². The molecule has 5 rings (SSSR count). The molecule has 1 aliphatic carbocycles. The van der Waals surface area contributed by atoms with Crippen molar-refractivity contribution in [2.45, 2.75) is 55.4 Å². The molecule has 33 heavy (non-hydrogen) atoms. The summed E-state index contributed by atoms with van der Waals surface area (Å²) >= 11 is 6.66. The third-order valence-corrected chi connectivity index (χ3v) is 7.12. The van der Waals surface area contributed by atoms with Crippen molar-refractivity contribution in [2.24, 2.45) is 0 Å². The van der Waals surface area contributed by atoms with Crippen LogP contribution in [0.25, 0.3) is 0 Å². The summed E-state index contributed by atoms with van der Waals surface area (Å²) in [5.74, 6) is -0.771. The first-order valence-corrected chi connectivity index (χ1v) is 11.4. The lowest BCUT2D eigenvalue weighted by Crippen LogP contribution is -2.64. The van der Waals surface area contributed by atoms with Crippen molar-refractivity contribution < 1.29 is 39.4 Å². The quantitative estimate of drug-likeness (QED) is 0.496. The van der Waals surface area contributed by atoms with Crippen LogP contribution in [0.1, 0.15) is 41.0 Å². The maximum Gasteiger partial charge on any atom is 0.231 e. The Balaban J connectivity index is 1.57. The molecule has 2 aromatic carbocycles. The predicted molar refractivity (Wildman–Crippen MR) is 117 cm³/mol. The minimum Gasteiger partial charge on any atom is -0.453 e. The van der Waals surface area contributed by atoms with Crippen LogP contribution >= 0.6 is 11.6 Å². The molecule has 0 radical (unpaired) electrons. The average Bonchev–Trinajstić information content (AvgIpc) is 3.56. The largest absolute Gasteiger partial charge is 0.453 e. The Labute approximate surface area is 196 Å². The first-order chi connectivity index (χ1) is 15.9. The number of hydrogen-bond donors (Lipinski definition) is 4. The van der Waals surface area contributed by atoms with Gasteiger partial charge in [-0.1, -0.05) is 35.9 Å². The number of benzene rings is 2.